The zero-order valence-electron chi connectivity index (χ0n) is 16.7. The third-order valence-electron chi connectivity index (χ3n) is 5.12. The molecular formula is C21H22F3N5O2. The van der Waals surface area contributed by atoms with Crippen molar-refractivity contribution in [3.05, 3.63) is 53.9 Å². The van der Waals surface area contributed by atoms with Gasteiger partial charge >= 0.3 is 6.18 Å². The summed E-state index contributed by atoms with van der Waals surface area (Å²) in [5, 5.41) is 6.56. The number of carbonyl (C=O) groups excluding carboxylic acids is 1. The summed E-state index contributed by atoms with van der Waals surface area (Å²) in [7, 11) is 0. The second-order valence-corrected chi connectivity index (χ2v) is 7.25. The Balaban J connectivity index is 1.55. The molecule has 1 fully saturated rings. The van der Waals surface area contributed by atoms with E-state index < -0.39 is 17.8 Å². The number of aromatic nitrogens is 3. The van der Waals surface area contributed by atoms with E-state index in [1.165, 1.54) is 0 Å². The molecule has 31 heavy (non-hydrogen) atoms. The maximum absolute atomic E-state index is 13.6. The van der Waals surface area contributed by atoms with Crippen LogP contribution in [0.5, 0.6) is 0 Å². The highest BCUT2D eigenvalue weighted by Gasteiger charge is 2.36. The van der Waals surface area contributed by atoms with Gasteiger partial charge in [-0.15, -0.1) is 0 Å². The normalized spacial score (nSPS) is 15.3. The first-order valence-corrected chi connectivity index (χ1v) is 10.0. The van der Waals surface area contributed by atoms with Crippen LogP contribution in [-0.2, 0) is 10.9 Å². The molecule has 1 saturated heterocycles. The molecule has 1 aromatic carbocycles. The molecule has 0 atom stereocenters. The number of benzene rings is 1. The van der Waals surface area contributed by atoms with E-state index in [4.69, 9.17) is 4.74 Å². The molecule has 0 spiro atoms. The number of rotatable bonds is 6. The van der Waals surface area contributed by atoms with Crippen LogP contribution in [0.25, 0.3) is 16.9 Å². The maximum atomic E-state index is 13.6. The van der Waals surface area contributed by atoms with Crippen LogP contribution in [-0.4, -0.2) is 64.8 Å². The van der Waals surface area contributed by atoms with Crippen LogP contribution in [0.4, 0.5) is 13.2 Å². The highest BCUT2D eigenvalue weighted by Crippen LogP contribution is 2.32. The standard InChI is InChI=1S/C21H22F3N5O2/c22-21(23,24)18-13-17(15-5-2-1-3-6-15)27-19-16(14-26-29(18)19)20(30)25-7-4-8-28-9-11-31-12-10-28/h1-3,5-6,13-14H,4,7-12H2,(H,25,30). The Bertz CT molecular complexity index is 1050. The van der Waals surface area contributed by atoms with E-state index in [2.05, 4.69) is 20.3 Å². The minimum absolute atomic E-state index is 0.00894. The molecule has 1 amide bonds. The molecular weight excluding hydrogens is 411 g/mol. The average Bonchev–Trinajstić information content (AvgIpc) is 3.20. The molecule has 2 aromatic heterocycles. The molecule has 0 bridgehead atoms. The zero-order chi connectivity index (χ0) is 21.8. The van der Waals surface area contributed by atoms with Crippen LogP contribution in [0, 0.1) is 0 Å². The molecule has 164 valence electrons. The van der Waals surface area contributed by atoms with Gasteiger partial charge in [0, 0.05) is 25.2 Å². The quantitative estimate of drug-likeness (QED) is 0.606. The zero-order valence-corrected chi connectivity index (χ0v) is 16.7. The number of carbonyl (C=O) groups is 1. The first-order chi connectivity index (χ1) is 14.9. The van der Waals surface area contributed by atoms with Crippen LogP contribution in [0.1, 0.15) is 22.5 Å². The Morgan fingerprint density at radius 3 is 2.61 bits per heavy atom. The largest absolute Gasteiger partial charge is 0.433 e. The van der Waals surface area contributed by atoms with Gasteiger partial charge in [0.05, 0.1) is 25.1 Å². The lowest BCUT2D eigenvalue weighted by Gasteiger charge is -2.26. The first kappa shape index (κ1) is 21.3. The summed E-state index contributed by atoms with van der Waals surface area (Å²) in [5.41, 5.74) is -0.451. The van der Waals surface area contributed by atoms with E-state index in [9.17, 15) is 18.0 Å². The van der Waals surface area contributed by atoms with Crippen molar-refractivity contribution in [1.29, 1.82) is 0 Å². The highest BCUT2D eigenvalue weighted by atomic mass is 19.4. The van der Waals surface area contributed by atoms with Crippen molar-refractivity contribution in [1.82, 2.24) is 24.8 Å². The monoisotopic (exact) mass is 433 g/mol. The fourth-order valence-electron chi connectivity index (χ4n) is 3.51. The molecule has 10 heteroatoms. The molecule has 4 rings (SSSR count). The van der Waals surface area contributed by atoms with E-state index >= 15 is 0 Å². The fourth-order valence-corrected chi connectivity index (χ4v) is 3.51. The Labute approximate surface area is 176 Å². The molecule has 0 aliphatic carbocycles. The summed E-state index contributed by atoms with van der Waals surface area (Å²) >= 11 is 0. The summed E-state index contributed by atoms with van der Waals surface area (Å²) in [6.45, 7) is 4.32. The van der Waals surface area contributed by atoms with Crippen molar-refractivity contribution in [3.8, 4) is 11.3 Å². The number of fused-ring (bicyclic) bond motifs is 1. The molecule has 3 heterocycles. The van der Waals surface area contributed by atoms with Gasteiger partial charge < -0.3 is 10.1 Å². The number of nitrogens with one attached hydrogen (secondary N) is 1. The third-order valence-corrected chi connectivity index (χ3v) is 5.12. The van der Waals surface area contributed by atoms with Gasteiger partial charge in [-0.05, 0) is 19.0 Å². The number of hydrogen-bond donors (Lipinski definition) is 1. The van der Waals surface area contributed by atoms with Gasteiger partial charge in [0.1, 0.15) is 5.56 Å². The van der Waals surface area contributed by atoms with E-state index in [0.717, 1.165) is 38.3 Å². The summed E-state index contributed by atoms with van der Waals surface area (Å²) in [5.74, 6) is -0.497. The van der Waals surface area contributed by atoms with Gasteiger partial charge in [-0.2, -0.15) is 18.3 Å². The Hall–Kier alpha value is -2.98. The molecule has 3 aromatic rings. The lowest BCUT2D eigenvalue weighted by Crippen LogP contribution is -2.38. The lowest BCUT2D eigenvalue weighted by atomic mass is 10.1. The van der Waals surface area contributed by atoms with Gasteiger partial charge in [0.2, 0.25) is 0 Å². The number of amides is 1. The number of halogens is 3. The van der Waals surface area contributed by atoms with Crippen molar-refractivity contribution in [2.24, 2.45) is 0 Å². The maximum Gasteiger partial charge on any atom is 0.433 e. The van der Waals surface area contributed by atoms with E-state index in [-0.39, 0.29) is 16.9 Å². The predicted octanol–water partition coefficient (Wildman–Crippen LogP) is 2.87. The lowest BCUT2D eigenvalue weighted by molar-refractivity contribution is -0.142. The van der Waals surface area contributed by atoms with Gasteiger partial charge in [-0.25, -0.2) is 9.50 Å². The van der Waals surface area contributed by atoms with E-state index in [0.29, 0.717) is 29.8 Å². The molecule has 1 aliphatic heterocycles. The van der Waals surface area contributed by atoms with Gasteiger partial charge in [0.25, 0.3) is 5.91 Å². The van der Waals surface area contributed by atoms with Gasteiger partial charge in [-0.3, -0.25) is 9.69 Å². The summed E-state index contributed by atoms with van der Waals surface area (Å²) in [6.07, 6.45) is -2.80. The van der Waals surface area contributed by atoms with Gasteiger partial charge in [0.15, 0.2) is 11.3 Å². The van der Waals surface area contributed by atoms with Crippen molar-refractivity contribution >= 4 is 11.6 Å². The summed E-state index contributed by atoms with van der Waals surface area (Å²) < 4.78 is 46.9. The number of alkyl halides is 3. The molecule has 1 aliphatic rings. The van der Waals surface area contributed by atoms with Crippen molar-refractivity contribution in [2.75, 3.05) is 39.4 Å². The fraction of sp³-hybridized carbons (Fsp3) is 0.381. The molecule has 0 saturated carbocycles. The van der Waals surface area contributed by atoms with Crippen molar-refractivity contribution < 1.29 is 22.7 Å². The number of morpholine rings is 1. The number of nitrogens with zero attached hydrogens (tertiary/aromatic N) is 4. The van der Waals surface area contributed by atoms with Crippen molar-refractivity contribution in [3.63, 3.8) is 0 Å². The minimum Gasteiger partial charge on any atom is -0.379 e. The SMILES string of the molecule is O=C(NCCCN1CCOCC1)c1cnn2c(C(F)(F)F)cc(-c3ccccc3)nc12. The van der Waals surface area contributed by atoms with Crippen LogP contribution >= 0.6 is 0 Å². The second-order valence-electron chi connectivity index (χ2n) is 7.25. The summed E-state index contributed by atoms with van der Waals surface area (Å²) in [4.78, 5) is 19.2. The Morgan fingerprint density at radius 2 is 1.90 bits per heavy atom. The van der Waals surface area contributed by atoms with Crippen LogP contribution in [0.2, 0.25) is 0 Å². The molecule has 0 radical (unpaired) electrons. The predicted molar refractivity (Wildman–Crippen MR) is 108 cm³/mol. The van der Waals surface area contributed by atoms with E-state index in [1.54, 1.807) is 30.3 Å². The van der Waals surface area contributed by atoms with Crippen molar-refractivity contribution in [2.45, 2.75) is 12.6 Å². The first-order valence-electron chi connectivity index (χ1n) is 10.0. The van der Waals surface area contributed by atoms with Crippen LogP contribution in [0.15, 0.2) is 42.6 Å². The third kappa shape index (κ3) is 4.86. The molecule has 1 N–H and O–H groups in total. The minimum atomic E-state index is -4.65. The number of hydrogen-bond acceptors (Lipinski definition) is 5. The number of ether oxygens (including phenoxy) is 1. The van der Waals surface area contributed by atoms with E-state index in [1.807, 2.05) is 0 Å². The Kier molecular flexibility index (Phi) is 6.19. The van der Waals surface area contributed by atoms with Crippen LogP contribution < -0.4 is 5.32 Å². The second kappa shape index (κ2) is 9.03. The molecule has 0 unspecified atom stereocenters. The smallest absolute Gasteiger partial charge is 0.379 e. The highest BCUT2D eigenvalue weighted by molar-refractivity contribution is 5.99. The summed E-state index contributed by atoms with van der Waals surface area (Å²) in [6, 6.07) is 9.47. The van der Waals surface area contributed by atoms with Crippen LogP contribution in [0.3, 0.4) is 0 Å². The van der Waals surface area contributed by atoms with Gasteiger partial charge in [-0.1, -0.05) is 30.3 Å². The topological polar surface area (TPSA) is 71.8 Å². The molecule has 7 nitrogen and oxygen atoms in total. The average molecular weight is 433 g/mol. The Morgan fingerprint density at radius 1 is 1.16 bits per heavy atom.